The van der Waals surface area contributed by atoms with E-state index >= 15 is 0 Å². The molecule has 0 bridgehead atoms. The van der Waals surface area contributed by atoms with Gasteiger partial charge in [0.2, 0.25) is 11.8 Å². The monoisotopic (exact) mass is 261 g/mol. The molecular formula is C14H19N3O2. The number of nitrogen functional groups attached to an aromatic ring is 1. The number of anilines is 1. The molecular weight excluding hydrogens is 242 g/mol. The molecule has 1 atom stereocenters. The van der Waals surface area contributed by atoms with E-state index in [4.69, 9.17) is 11.5 Å². The zero-order valence-corrected chi connectivity index (χ0v) is 10.8. The van der Waals surface area contributed by atoms with Crippen LogP contribution < -0.4 is 11.5 Å². The minimum Gasteiger partial charge on any atom is -0.399 e. The Morgan fingerprint density at radius 2 is 2.05 bits per heavy atom. The Balaban J connectivity index is 1.95. The molecule has 1 saturated heterocycles. The highest BCUT2D eigenvalue weighted by Crippen LogP contribution is 2.19. The summed E-state index contributed by atoms with van der Waals surface area (Å²) in [6, 6.07) is 7.07. The van der Waals surface area contributed by atoms with Crippen molar-refractivity contribution < 1.29 is 9.59 Å². The molecule has 0 saturated carbocycles. The highest BCUT2D eigenvalue weighted by Gasteiger charge is 2.32. The first-order valence-corrected chi connectivity index (χ1v) is 6.52. The van der Waals surface area contributed by atoms with Crippen molar-refractivity contribution in [2.75, 3.05) is 12.3 Å². The normalized spacial score (nSPS) is 18.5. The first-order valence-electron chi connectivity index (χ1n) is 6.52. The van der Waals surface area contributed by atoms with Crippen LogP contribution in [0.15, 0.2) is 24.3 Å². The maximum Gasteiger partial charge on any atom is 0.240 e. The van der Waals surface area contributed by atoms with Gasteiger partial charge in [0, 0.05) is 18.7 Å². The summed E-state index contributed by atoms with van der Waals surface area (Å²) in [4.78, 5) is 25.0. The van der Waals surface area contributed by atoms with Crippen LogP contribution in [0.2, 0.25) is 0 Å². The molecule has 1 heterocycles. The SMILES string of the molecule is NC(=O)C1CCCN1C(=O)CCc1ccccc1N. The Kier molecular flexibility index (Phi) is 4.04. The second-order valence-electron chi connectivity index (χ2n) is 4.85. The first-order chi connectivity index (χ1) is 9.09. The average molecular weight is 261 g/mol. The number of nitrogens with zero attached hydrogens (tertiary/aromatic N) is 1. The standard InChI is InChI=1S/C14H19N3O2/c15-11-5-2-1-4-10(11)7-8-13(18)17-9-3-6-12(17)14(16)19/h1-2,4-5,12H,3,6-9,15H2,(H2,16,19). The van der Waals surface area contributed by atoms with E-state index in [-0.39, 0.29) is 5.91 Å². The lowest BCUT2D eigenvalue weighted by atomic mass is 10.1. The van der Waals surface area contributed by atoms with Crippen molar-refractivity contribution in [2.45, 2.75) is 31.7 Å². The van der Waals surface area contributed by atoms with Crippen LogP contribution in [-0.4, -0.2) is 29.3 Å². The molecule has 1 fully saturated rings. The van der Waals surface area contributed by atoms with Gasteiger partial charge in [-0.3, -0.25) is 9.59 Å². The van der Waals surface area contributed by atoms with Gasteiger partial charge < -0.3 is 16.4 Å². The summed E-state index contributed by atoms with van der Waals surface area (Å²) in [5.41, 5.74) is 12.8. The second-order valence-corrected chi connectivity index (χ2v) is 4.85. The minimum absolute atomic E-state index is 0.0236. The molecule has 5 nitrogen and oxygen atoms in total. The number of carbonyl (C=O) groups excluding carboxylic acids is 2. The molecule has 1 aromatic rings. The highest BCUT2D eigenvalue weighted by molar-refractivity contribution is 5.87. The van der Waals surface area contributed by atoms with Crippen LogP contribution in [0.25, 0.3) is 0 Å². The first kappa shape index (κ1) is 13.4. The zero-order valence-electron chi connectivity index (χ0n) is 10.8. The van der Waals surface area contributed by atoms with Gasteiger partial charge in [0.15, 0.2) is 0 Å². The van der Waals surface area contributed by atoms with Crippen LogP contribution in [0.5, 0.6) is 0 Å². The van der Waals surface area contributed by atoms with E-state index < -0.39 is 11.9 Å². The fourth-order valence-electron chi connectivity index (χ4n) is 2.51. The number of likely N-dealkylation sites (tertiary alicyclic amines) is 1. The molecule has 1 aromatic carbocycles. The van der Waals surface area contributed by atoms with Crippen molar-refractivity contribution in [1.82, 2.24) is 4.90 Å². The Bertz CT molecular complexity index is 487. The smallest absolute Gasteiger partial charge is 0.240 e. The minimum atomic E-state index is -0.430. The Labute approximate surface area is 112 Å². The lowest BCUT2D eigenvalue weighted by molar-refractivity contribution is -0.137. The molecule has 2 amide bonds. The summed E-state index contributed by atoms with van der Waals surface area (Å²) in [5, 5.41) is 0. The summed E-state index contributed by atoms with van der Waals surface area (Å²) in [6.07, 6.45) is 2.47. The molecule has 1 unspecified atom stereocenters. The Hall–Kier alpha value is -2.04. The van der Waals surface area contributed by atoms with E-state index in [9.17, 15) is 9.59 Å². The predicted octanol–water partition coefficient (Wildman–Crippen LogP) is 0.678. The number of hydrogen-bond acceptors (Lipinski definition) is 3. The van der Waals surface area contributed by atoms with Crippen LogP contribution in [0, 0.1) is 0 Å². The molecule has 0 aliphatic carbocycles. The Morgan fingerprint density at radius 3 is 2.74 bits per heavy atom. The van der Waals surface area contributed by atoms with Crippen molar-refractivity contribution in [2.24, 2.45) is 5.73 Å². The van der Waals surface area contributed by atoms with Gasteiger partial charge in [0.25, 0.3) is 0 Å². The van der Waals surface area contributed by atoms with Crippen molar-refractivity contribution in [3.8, 4) is 0 Å². The van der Waals surface area contributed by atoms with Crippen LogP contribution in [-0.2, 0) is 16.0 Å². The van der Waals surface area contributed by atoms with Gasteiger partial charge in [0.05, 0.1) is 0 Å². The number of aryl methyl sites for hydroxylation is 1. The van der Waals surface area contributed by atoms with E-state index in [1.807, 2.05) is 24.3 Å². The van der Waals surface area contributed by atoms with Crippen LogP contribution in [0.1, 0.15) is 24.8 Å². The summed E-state index contributed by atoms with van der Waals surface area (Å²) >= 11 is 0. The maximum absolute atomic E-state index is 12.1. The third kappa shape index (κ3) is 3.05. The third-order valence-corrected chi connectivity index (χ3v) is 3.56. The van der Waals surface area contributed by atoms with Crippen molar-refractivity contribution in [3.05, 3.63) is 29.8 Å². The van der Waals surface area contributed by atoms with Crippen LogP contribution in [0.3, 0.4) is 0 Å². The Morgan fingerprint density at radius 1 is 1.32 bits per heavy atom. The number of carbonyl (C=O) groups is 2. The van der Waals surface area contributed by atoms with Crippen molar-refractivity contribution >= 4 is 17.5 Å². The molecule has 102 valence electrons. The molecule has 1 aliphatic rings. The fraction of sp³-hybridized carbons (Fsp3) is 0.429. The number of rotatable bonds is 4. The molecule has 0 aromatic heterocycles. The quantitative estimate of drug-likeness (QED) is 0.781. The number of hydrogen-bond donors (Lipinski definition) is 2. The lowest BCUT2D eigenvalue weighted by Crippen LogP contribution is -2.43. The van der Waals surface area contributed by atoms with Gasteiger partial charge in [-0.1, -0.05) is 18.2 Å². The average Bonchev–Trinajstić information content (AvgIpc) is 2.87. The number of primary amides is 1. The molecule has 2 rings (SSSR count). The van der Waals surface area contributed by atoms with Gasteiger partial charge in [-0.25, -0.2) is 0 Å². The van der Waals surface area contributed by atoms with E-state index in [0.29, 0.717) is 31.5 Å². The number of para-hydroxylation sites is 1. The van der Waals surface area contributed by atoms with Crippen LogP contribution >= 0.6 is 0 Å². The van der Waals surface area contributed by atoms with E-state index in [2.05, 4.69) is 0 Å². The van der Waals surface area contributed by atoms with E-state index in [1.165, 1.54) is 0 Å². The fourth-order valence-corrected chi connectivity index (χ4v) is 2.51. The van der Waals surface area contributed by atoms with Gasteiger partial charge in [-0.05, 0) is 30.9 Å². The predicted molar refractivity (Wildman–Crippen MR) is 73.1 cm³/mol. The highest BCUT2D eigenvalue weighted by atomic mass is 16.2. The number of amides is 2. The summed E-state index contributed by atoms with van der Waals surface area (Å²) in [6.45, 7) is 0.622. The topological polar surface area (TPSA) is 89.4 Å². The third-order valence-electron chi connectivity index (χ3n) is 3.56. The lowest BCUT2D eigenvalue weighted by Gasteiger charge is -2.22. The van der Waals surface area contributed by atoms with E-state index in [0.717, 1.165) is 12.0 Å². The van der Waals surface area contributed by atoms with E-state index in [1.54, 1.807) is 4.90 Å². The van der Waals surface area contributed by atoms with Gasteiger partial charge in [-0.15, -0.1) is 0 Å². The number of nitrogens with two attached hydrogens (primary N) is 2. The van der Waals surface area contributed by atoms with Crippen molar-refractivity contribution in [1.29, 1.82) is 0 Å². The van der Waals surface area contributed by atoms with Gasteiger partial charge >= 0.3 is 0 Å². The largest absolute Gasteiger partial charge is 0.399 e. The zero-order chi connectivity index (χ0) is 13.8. The van der Waals surface area contributed by atoms with Crippen LogP contribution in [0.4, 0.5) is 5.69 Å². The second kappa shape index (κ2) is 5.73. The molecule has 5 heteroatoms. The van der Waals surface area contributed by atoms with Crippen molar-refractivity contribution in [3.63, 3.8) is 0 Å². The summed E-state index contributed by atoms with van der Waals surface area (Å²) in [5.74, 6) is -0.436. The van der Waals surface area contributed by atoms with Gasteiger partial charge in [-0.2, -0.15) is 0 Å². The molecule has 19 heavy (non-hydrogen) atoms. The summed E-state index contributed by atoms with van der Waals surface area (Å²) < 4.78 is 0. The summed E-state index contributed by atoms with van der Waals surface area (Å²) in [7, 11) is 0. The molecule has 4 N–H and O–H groups in total. The molecule has 0 radical (unpaired) electrons. The molecule has 1 aliphatic heterocycles. The molecule has 0 spiro atoms. The number of benzene rings is 1. The maximum atomic E-state index is 12.1. The van der Waals surface area contributed by atoms with Gasteiger partial charge in [0.1, 0.15) is 6.04 Å².